The summed E-state index contributed by atoms with van der Waals surface area (Å²) in [6, 6.07) is 0. The van der Waals surface area contributed by atoms with Crippen molar-refractivity contribution in [2.24, 2.45) is 0 Å². The summed E-state index contributed by atoms with van der Waals surface area (Å²) in [5.41, 5.74) is 0. The van der Waals surface area contributed by atoms with Crippen molar-refractivity contribution in [1.82, 2.24) is 0 Å². The highest BCUT2D eigenvalue weighted by Crippen LogP contribution is 2.32. The fraction of sp³-hybridized carbons (Fsp3) is 0.722. The van der Waals surface area contributed by atoms with Crippen molar-refractivity contribution >= 4 is 29.8 Å². The summed E-state index contributed by atoms with van der Waals surface area (Å²) in [6.07, 6.45) is -7.48. The highest BCUT2D eigenvalue weighted by molar-refractivity contribution is 5.69. The minimum absolute atomic E-state index is 0.236. The van der Waals surface area contributed by atoms with Crippen LogP contribution in [0.2, 0.25) is 0 Å². The van der Waals surface area contributed by atoms with E-state index in [1.165, 1.54) is 6.92 Å². The number of carbonyl (C=O) groups is 5. The van der Waals surface area contributed by atoms with Crippen LogP contribution >= 0.6 is 0 Å². The van der Waals surface area contributed by atoms with Gasteiger partial charge in [-0.2, -0.15) is 0 Å². The lowest BCUT2D eigenvalue weighted by Gasteiger charge is -2.45. The summed E-state index contributed by atoms with van der Waals surface area (Å²) in [7, 11) is 0. The third kappa shape index (κ3) is 7.33. The van der Waals surface area contributed by atoms with Crippen molar-refractivity contribution in [3.63, 3.8) is 0 Å². The first-order valence-electron chi connectivity index (χ1n) is 8.97. The lowest BCUT2D eigenvalue weighted by atomic mass is 9.93. The molecule has 0 saturated carbocycles. The Morgan fingerprint density at radius 1 is 0.690 bits per heavy atom. The van der Waals surface area contributed by atoms with Crippen molar-refractivity contribution in [1.29, 1.82) is 0 Å². The minimum atomic E-state index is -1.50. The molecule has 0 aromatic heterocycles. The zero-order valence-electron chi connectivity index (χ0n) is 17.2. The predicted octanol–water partition coefficient (Wildman–Crippen LogP) is 0.411. The Morgan fingerprint density at radius 2 is 1.14 bits per heavy atom. The molecule has 0 amide bonds. The molecule has 1 fully saturated rings. The Hall–Kier alpha value is -2.69. The van der Waals surface area contributed by atoms with Gasteiger partial charge in [-0.1, -0.05) is 6.92 Å². The molecule has 11 nitrogen and oxygen atoms in total. The van der Waals surface area contributed by atoms with Crippen molar-refractivity contribution < 1.29 is 52.4 Å². The van der Waals surface area contributed by atoms with Crippen LogP contribution in [-0.4, -0.2) is 66.7 Å². The smallest absolute Gasteiger partial charge is 0.305 e. The van der Waals surface area contributed by atoms with Gasteiger partial charge in [0, 0.05) is 34.6 Å². The van der Waals surface area contributed by atoms with Gasteiger partial charge in [-0.25, -0.2) is 0 Å². The minimum Gasteiger partial charge on any atom is -0.460 e. The zero-order chi connectivity index (χ0) is 22.3. The first-order valence-corrected chi connectivity index (χ1v) is 8.97. The molecule has 6 unspecified atom stereocenters. The summed E-state index contributed by atoms with van der Waals surface area (Å²) < 4.78 is 31.7. The third-order valence-electron chi connectivity index (χ3n) is 3.81. The topological polar surface area (TPSA) is 141 Å². The van der Waals surface area contributed by atoms with Gasteiger partial charge in [-0.05, 0) is 6.42 Å². The van der Waals surface area contributed by atoms with E-state index in [0.29, 0.717) is 0 Å². The molecule has 0 aromatic rings. The Labute approximate surface area is 167 Å². The molecule has 0 radical (unpaired) electrons. The monoisotopic (exact) mass is 418 g/mol. The lowest BCUT2D eigenvalue weighted by Crippen LogP contribution is -2.64. The Kier molecular flexibility index (Phi) is 9.02. The van der Waals surface area contributed by atoms with Gasteiger partial charge in [0.05, 0.1) is 0 Å². The van der Waals surface area contributed by atoms with Crippen LogP contribution in [0.4, 0.5) is 0 Å². The average molecular weight is 418 g/mol. The number of rotatable bonds is 7. The number of ether oxygens (including phenoxy) is 6. The standard InChI is InChI=1S/C18H26O11/c1-7-13(24-8(2)19)14-15(25-9(3)20)16(26-10(4)21)17(27-11(5)22)18(29-14)28-12(6)23/h13-18H,7H2,1-6H3. The molecule has 164 valence electrons. The van der Waals surface area contributed by atoms with Crippen LogP contribution < -0.4 is 0 Å². The van der Waals surface area contributed by atoms with E-state index in [1.807, 2.05) is 0 Å². The van der Waals surface area contributed by atoms with Gasteiger partial charge in [0.1, 0.15) is 12.2 Å². The van der Waals surface area contributed by atoms with E-state index in [1.54, 1.807) is 6.92 Å². The third-order valence-corrected chi connectivity index (χ3v) is 3.81. The fourth-order valence-electron chi connectivity index (χ4n) is 2.96. The second-order valence-electron chi connectivity index (χ2n) is 6.36. The second-order valence-corrected chi connectivity index (χ2v) is 6.36. The predicted molar refractivity (Wildman–Crippen MR) is 92.9 cm³/mol. The first-order chi connectivity index (χ1) is 13.5. The molecule has 29 heavy (non-hydrogen) atoms. The molecule has 11 heteroatoms. The van der Waals surface area contributed by atoms with E-state index in [4.69, 9.17) is 28.4 Å². The maximum absolute atomic E-state index is 11.7. The summed E-state index contributed by atoms with van der Waals surface area (Å²) in [6.45, 7) is 7.28. The number of carbonyl (C=O) groups excluding carboxylic acids is 5. The van der Waals surface area contributed by atoms with E-state index in [-0.39, 0.29) is 6.42 Å². The van der Waals surface area contributed by atoms with Crippen LogP contribution in [0, 0.1) is 0 Å². The maximum atomic E-state index is 11.7. The van der Waals surface area contributed by atoms with Gasteiger partial charge in [0.25, 0.3) is 0 Å². The summed E-state index contributed by atoms with van der Waals surface area (Å²) in [4.78, 5) is 58.0. The SMILES string of the molecule is CCC(OC(C)=O)C1OC(OC(C)=O)C(OC(C)=O)C(OC(C)=O)C1OC(C)=O. The van der Waals surface area contributed by atoms with Crippen molar-refractivity contribution in [2.75, 3.05) is 0 Å². The number of hydrogen-bond acceptors (Lipinski definition) is 11. The number of esters is 5. The molecular weight excluding hydrogens is 392 g/mol. The molecular formula is C18H26O11. The van der Waals surface area contributed by atoms with E-state index in [0.717, 1.165) is 27.7 Å². The molecule has 1 heterocycles. The number of hydrogen-bond donors (Lipinski definition) is 0. The van der Waals surface area contributed by atoms with Gasteiger partial charge < -0.3 is 28.4 Å². The molecule has 1 aliphatic heterocycles. The van der Waals surface area contributed by atoms with E-state index in [2.05, 4.69) is 0 Å². The molecule has 1 saturated heterocycles. The lowest BCUT2D eigenvalue weighted by molar-refractivity contribution is -0.308. The van der Waals surface area contributed by atoms with Gasteiger partial charge in [0.2, 0.25) is 12.4 Å². The molecule has 0 aliphatic carbocycles. The molecule has 6 atom stereocenters. The van der Waals surface area contributed by atoms with Crippen LogP contribution in [-0.2, 0) is 52.4 Å². The Bertz CT molecular complexity index is 644. The van der Waals surface area contributed by atoms with Crippen molar-refractivity contribution in [3.05, 3.63) is 0 Å². The largest absolute Gasteiger partial charge is 0.460 e. The molecule has 0 bridgehead atoms. The summed E-state index contributed by atoms with van der Waals surface area (Å²) >= 11 is 0. The Balaban J connectivity index is 3.46. The molecule has 1 aliphatic rings. The first kappa shape index (κ1) is 24.3. The highest BCUT2D eigenvalue weighted by Gasteiger charge is 2.55. The van der Waals surface area contributed by atoms with Crippen LogP contribution in [0.3, 0.4) is 0 Å². The van der Waals surface area contributed by atoms with E-state index in [9.17, 15) is 24.0 Å². The van der Waals surface area contributed by atoms with Crippen LogP contribution in [0.25, 0.3) is 0 Å². The highest BCUT2D eigenvalue weighted by atomic mass is 16.7. The van der Waals surface area contributed by atoms with Crippen molar-refractivity contribution in [3.8, 4) is 0 Å². The van der Waals surface area contributed by atoms with Crippen LogP contribution in [0.15, 0.2) is 0 Å². The second kappa shape index (κ2) is 10.7. The van der Waals surface area contributed by atoms with Crippen molar-refractivity contribution in [2.45, 2.75) is 84.8 Å². The van der Waals surface area contributed by atoms with Gasteiger partial charge >= 0.3 is 29.8 Å². The van der Waals surface area contributed by atoms with Gasteiger partial charge in [-0.3, -0.25) is 24.0 Å². The van der Waals surface area contributed by atoms with Crippen LogP contribution in [0.1, 0.15) is 48.0 Å². The summed E-state index contributed by atoms with van der Waals surface area (Å²) in [5, 5.41) is 0. The zero-order valence-corrected chi connectivity index (χ0v) is 17.2. The van der Waals surface area contributed by atoms with Gasteiger partial charge in [0.15, 0.2) is 12.2 Å². The fourth-order valence-corrected chi connectivity index (χ4v) is 2.96. The molecule has 1 rings (SSSR count). The average Bonchev–Trinajstić information content (AvgIpc) is 2.56. The quantitative estimate of drug-likeness (QED) is 0.419. The van der Waals surface area contributed by atoms with Crippen LogP contribution in [0.5, 0.6) is 0 Å². The van der Waals surface area contributed by atoms with E-state index < -0.39 is 66.7 Å². The molecule has 0 aromatic carbocycles. The van der Waals surface area contributed by atoms with Gasteiger partial charge in [-0.15, -0.1) is 0 Å². The Morgan fingerprint density at radius 3 is 1.55 bits per heavy atom. The van der Waals surface area contributed by atoms with E-state index >= 15 is 0 Å². The molecule has 0 N–H and O–H groups in total. The normalized spacial score (nSPS) is 27.2. The maximum Gasteiger partial charge on any atom is 0.305 e. The summed E-state index contributed by atoms with van der Waals surface area (Å²) in [5.74, 6) is -3.69. The molecule has 0 spiro atoms.